The summed E-state index contributed by atoms with van der Waals surface area (Å²) in [6, 6.07) is 15.9. The van der Waals surface area contributed by atoms with Gasteiger partial charge >= 0.3 is 0 Å². The number of amides is 1. The number of fused-ring (bicyclic) bond motifs is 1. The number of aromatic nitrogens is 1. The number of carbonyl (C=O) groups is 1. The lowest BCUT2D eigenvalue weighted by atomic mass is 9.88. The summed E-state index contributed by atoms with van der Waals surface area (Å²) in [6.07, 6.45) is 3.36. The first kappa shape index (κ1) is 18.5. The second kappa shape index (κ2) is 8.41. The van der Waals surface area contributed by atoms with E-state index in [1.165, 1.54) is 0 Å². The van der Waals surface area contributed by atoms with Crippen LogP contribution in [0.1, 0.15) is 43.7 Å². The van der Waals surface area contributed by atoms with E-state index in [2.05, 4.69) is 30.2 Å². The summed E-state index contributed by atoms with van der Waals surface area (Å²) in [5, 5.41) is 4.88. The number of rotatable bonds is 7. The molecule has 0 saturated carbocycles. The van der Waals surface area contributed by atoms with Crippen LogP contribution >= 0.6 is 11.6 Å². The molecule has 3 nitrogen and oxygen atoms in total. The zero-order valence-electron chi connectivity index (χ0n) is 15.3. The third-order valence-corrected chi connectivity index (χ3v) is 5.05. The van der Waals surface area contributed by atoms with E-state index in [1.54, 1.807) is 0 Å². The lowest BCUT2D eigenvalue weighted by Gasteiger charge is -2.18. The van der Waals surface area contributed by atoms with Gasteiger partial charge in [-0.25, -0.2) is 0 Å². The molecule has 2 aromatic carbocycles. The minimum atomic E-state index is -0.0844. The molecule has 136 valence electrons. The Labute approximate surface area is 159 Å². The first-order chi connectivity index (χ1) is 12.6. The molecular weight excluding hydrogens is 344 g/mol. The molecule has 0 spiro atoms. The average molecular weight is 369 g/mol. The van der Waals surface area contributed by atoms with Crippen molar-refractivity contribution < 1.29 is 4.79 Å². The van der Waals surface area contributed by atoms with E-state index in [9.17, 15) is 4.79 Å². The smallest absolute Gasteiger partial charge is 0.220 e. The van der Waals surface area contributed by atoms with Crippen LogP contribution in [-0.4, -0.2) is 17.4 Å². The van der Waals surface area contributed by atoms with Gasteiger partial charge in [-0.3, -0.25) is 4.79 Å². The van der Waals surface area contributed by atoms with E-state index < -0.39 is 0 Å². The summed E-state index contributed by atoms with van der Waals surface area (Å²) in [6.45, 7) is 5.02. The highest BCUT2D eigenvalue weighted by Crippen LogP contribution is 2.36. The molecule has 4 heteroatoms. The highest BCUT2D eigenvalue weighted by Gasteiger charge is 2.23. The Kier molecular flexibility index (Phi) is 6.00. The first-order valence-electron chi connectivity index (χ1n) is 9.13. The van der Waals surface area contributed by atoms with Gasteiger partial charge in [0, 0.05) is 41.0 Å². The van der Waals surface area contributed by atoms with Gasteiger partial charge in [0.1, 0.15) is 0 Å². The number of nitrogens with one attached hydrogen (secondary N) is 2. The number of carbonyl (C=O) groups excluding carboxylic acids is 1. The summed E-state index contributed by atoms with van der Waals surface area (Å²) < 4.78 is 0. The van der Waals surface area contributed by atoms with Crippen LogP contribution in [0.5, 0.6) is 0 Å². The zero-order chi connectivity index (χ0) is 18.5. The van der Waals surface area contributed by atoms with Crippen molar-refractivity contribution in [2.75, 3.05) is 6.54 Å². The second-order valence-corrected chi connectivity index (χ2v) is 7.51. The van der Waals surface area contributed by atoms with Crippen LogP contribution < -0.4 is 5.32 Å². The predicted molar refractivity (Wildman–Crippen MR) is 109 cm³/mol. The van der Waals surface area contributed by atoms with Crippen molar-refractivity contribution in [3.63, 3.8) is 0 Å². The van der Waals surface area contributed by atoms with E-state index in [0.717, 1.165) is 28.5 Å². The molecule has 1 heterocycles. The molecule has 3 rings (SSSR count). The normalized spacial score (nSPS) is 12.5. The fraction of sp³-hybridized carbons (Fsp3) is 0.318. The van der Waals surface area contributed by atoms with Crippen molar-refractivity contribution in [3.8, 4) is 0 Å². The monoisotopic (exact) mass is 368 g/mol. The molecule has 0 bridgehead atoms. The van der Waals surface area contributed by atoms with Crippen LogP contribution in [0.15, 0.2) is 54.7 Å². The van der Waals surface area contributed by atoms with Crippen molar-refractivity contribution >= 4 is 28.4 Å². The van der Waals surface area contributed by atoms with Crippen LogP contribution in [0.3, 0.4) is 0 Å². The van der Waals surface area contributed by atoms with Gasteiger partial charge in [-0.2, -0.15) is 0 Å². The largest absolute Gasteiger partial charge is 0.361 e. The molecule has 0 radical (unpaired) electrons. The SMILES string of the molecule is CC(C)CCNC(=O)CC(c1ccccc1Cl)c1c[nH]c2ccccc12. The van der Waals surface area contributed by atoms with Gasteiger partial charge in [-0.1, -0.05) is 61.8 Å². The molecule has 0 aliphatic rings. The van der Waals surface area contributed by atoms with Gasteiger partial charge in [0.05, 0.1) is 0 Å². The molecule has 0 fully saturated rings. The van der Waals surface area contributed by atoms with Gasteiger partial charge in [0.15, 0.2) is 0 Å². The van der Waals surface area contributed by atoms with Crippen molar-refractivity contribution in [1.29, 1.82) is 0 Å². The number of H-pyrrole nitrogens is 1. The fourth-order valence-corrected chi connectivity index (χ4v) is 3.55. The van der Waals surface area contributed by atoms with Gasteiger partial charge in [-0.05, 0) is 35.6 Å². The van der Waals surface area contributed by atoms with Crippen LogP contribution in [0.4, 0.5) is 0 Å². The van der Waals surface area contributed by atoms with Crippen LogP contribution in [-0.2, 0) is 4.79 Å². The van der Waals surface area contributed by atoms with Crippen molar-refractivity contribution in [1.82, 2.24) is 10.3 Å². The molecule has 3 aromatic rings. The van der Waals surface area contributed by atoms with Gasteiger partial charge < -0.3 is 10.3 Å². The summed E-state index contributed by atoms with van der Waals surface area (Å²) >= 11 is 6.47. The summed E-state index contributed by atoms with van der Waals surface area (Å²) in [5.41, 5.74) is 3.16. The minimum Gasteiger partial charge on any atom is -0.361 e. The van der Waals surface area contributed by atoms with Gasteiger partial charge in [0.2, 0.25) is 5.91 Å². The first-order valence-corrected chi connectivity index (χ1v) is 9.51. The Bertz CT molecular complexity index is 884. The quantitative estimate of drug-likeness (QED) is 0.567. The molecule has 0 saturated heterocycles. The third kappa shape index (κ3) is 4.28. The molecule has 2 N–H and O–H groups in total. The molecule has 0 aliphatic heterocycles. The van der Waals surface area contributed by atoms with Gasteiger partial charge in [0.25, 0.3) is 0 Å². The molecule has 1 unspecified atom stereocenters. The maximum atomic E-state index is 12.6. The molecule has 1 aromatic heterocycles. The molecule has 1 amide bonds. The third-order valence-electron chi connectivity index (χ3n) is 4.71. The Hall–Kier alpha value is -2.26. The van der Waals surface area contributed by atoms with Crippen LogP contribution in [0.2, 0.25) is 5.02 Å². The number of aromatic amines is 1. The highest BCUT2D eigenvalue weighted by molar-refractivity contribution is 6.31. The molecular formula is C22H25ClN2O. The maximum Gasteiger partial charge on any atom is 0.220 e. The topological polar surface area (TPSA) is 44.9 Å². The van der Waals surface area contributed by atoms with E-state index in [1.807, 2.05) is 48.7 Å². The highest BCUT2D eigenvalue weighted by atomic mass is 35.5. The molecule has 0 aliphatic carbocycles. The Morgan fingerprint density at radius 2 is 1.81 bits per heavy atom. The summed E-state index contributed by atoms with van der Waals surface area (Å²) in [5.74, 6) is 0.544. The number of hydrogen-bond donors (Lipinski definition) is 2. The summed E-state index contributed by atoms with van der Waals surface area (Å²) in [4.78, 5) is 15.9. The van der Waals surface area contributed by atoms with E-state index in [-0.39, 0.29) is 11.8 Å². The Morgan fingerprint density at radius 1 is 1.08 bits per heavy atom. The number of halogens is 1. The maximum absolute atomic E-state index is 12.6. The van der Waals surface area contributed by atoms with Crippen LogP contribution in [0.25, 0.3) is 10.9 Å². The lowest BCUT2D eigenvalue weighted by Crippen LogP contribution is -2.27. The Morgan fingerprint density at radius 3 is 2.58 bits per heavy atom. The zero-order valence-corrected chi connectivity index (χ0v) is 16.0. The molecule has 26 heavy (non-hydrogen) atoms. The number of para-hydroxylation sites is 1. The van der Waals surface area contributed by atoms with Crippen molar-refractivity contribution in [3.05, 3.63) is 70.9 Å². The standard InChI is InChI=1S/C22H25ClN2O/c1-15(2)11-12-24-22(26)13-18(16-7-3-5-9-20(16)23)19-14-25-21-10-6-4-8-17(19)21/h3-10,14-15,18,25H,11-13H2,1-2H3,(H,24,26). The number of hydrogen-bond acceptors (Lipinski definition) is 1. The average Bonchev–Trinajstić information content (AvgIpc) is 3.04. The summed E-state index contributed by atoms with van der Waals surface area (Å²) in [7, 11) is 0. The molecule has 1 atom stereocenters. The second-order valence-electron chi connectivity index (χ2n) is 7.10. The Balaban J connectivity index is 1.90. The number of benzene rings is 2. The van der Waals surface area contributed by atoms with Crippen molar-refractivity contribution in [2.24, 2.45) is 5.92 Å². The fourth-order valence-electron chi connectivity index (χ4n) is 3.29. The van der Waals surface area contributed by atoms with Crippen LogP contribution in [0, 0.1) is 5.92 Å². The lowest BCUT2D eigenvalue weighted by molar-refractivity contribution is -0.121. The minimum absolute atomic E-state index is 0.0563. The van der Waals surface area contributed by atoms with Gasteiger partial charge in [-0.15, -0.1) is 0 Å². The van der Waals surface area contributed by atoms with E-state index in [0.29, 0.717) is 23.9 Å². The van der Waals surface area contributed by atoms with E-state index in [4.69, 9.17) is 11.6 Å². The van der Waals surface area contributed by atoms with E-state index >= 15 is 0 Å². The van der Waals surface area contributed by atoms with Crippen molar-refractivity contribution in [2.45, 2.75) is 32.6 Å². The predicted octanol–water partition coefficient (Wildman–Crippen LogP) is 5.51.